The second-order valence-electron chi connectivity index (χ2n) is 5.05. The molecule has 0 radical (unpaired) electrons. The maximum atomic E-state index is 6.23. The number of hydrogen-bond acceptors (Lipinski definition) is 3. The highest BCUT2D eigenvalue weighted by molar-refractivity contribution is 6.31. The molecule has 100 valence electrons. The Morgan fingerprint density at radius 2 is 2.17 bits per heavy atom. The first-order valence-electron chi connectivity index (χ1n) is 6.48. The molecule has 2 rings (SSSR count). The van der Waals surface area contributed by atoms with Gasteiger partial charge in [0.15, 0.2) is 0 Å². The number of nitrogens with zero attached hydrogens (tertiary/aromatic N) is 2. The van der Waals surface area contributed by atoms with E-state index in [1.807, 2.05) is 19.2 Å². The van der Waals surface area contributed by atoms with Gasteiger partial charge in [0.25, 0.3) is 0 Å². The summed E-state index contributed by atoms with van der Waals surface area (Å²) in [5.41, 5.74) is 2.46. The number of hydrogen-bond donors (Lipinski definition) is 1. The maximum absolute atomic E-state index is 6.23. The number of halogens is 1. The number of benzene rings is 1. The number of likely N-dealkylation sites (N-methyl/N-ethyl adjacent to an activating group) is 2. The number of rotatable bonds is 3. The molecule has 0 spiro atoms. The molecule has 1 heterocycles. The molecular formula is C14H22ClN3. The topological polar surface area (TPSA) is 18.5 Å². The highest BCUT2D eigenvalue weighted by Crippen LogP contribution is 2.29. The van der Waals surface area contributed by atoms with Crippen LogP contribution in [0.25, 0.3) is 0 Å². The Kier molecular flexibility index (Phi) is 4.49. The molecule has 0 saturated carbocycles. The van der Waals surface area contributed by atoms with Crippen LogP contribution in [0.5, 0.6) is 0 Å². The van der Waals surface area contributed by atoms with E-state index in [0.29, 0.717) is 6.04 Å². The Labute approximate surface area is 115 Å². The zero-order chi connectivity index (χ0) is 13.1. The van der Waals surface area contributed by atoms with Crippen LogP contribution < -0.4 is 10.2 Å². The standard InChI is InChI=1S/C14H22ClN3/c1-11-13(15)5-4-6-14(11)18-8-7-17(3)10-12(18)9-16-2/h4-6,12,16H,7-10H2,1-3H3. The minimum absolute atomic E-state index is 0.505. The van der Waals surface area contributed by atoms with Gasteiger partial charge in [-0.25, -0.2) is 0 Å². The van der Waals surface area contributed by atoms with E-state index >= 15 is 0 Å². The fraction of sp³-hybridized carbons (Fsp3) is 0.571. The van der Waals surface area contributed by atoms with Crippen molar-refractivity contribution in [2.45, 2.75) is 13.0 Å². The summed E-state index contributed by atoms with van der Waals surface area (Å²) in [5, 5.41) is 4.15. The average Bonchev–Trinajstić information content (AvgIpc) is 2.34. The van der Waals surface area contributed by atoms with E-state index in [9.17, 15) is 0 Å². The fourth-order valence-electron chi connectivity index (χ4n) is 2.65. The Hall–Kier alpha value is -0.770. The summed E-state index contributed by atoms with van der Waals surface area (Å²) in [5.74, 6) is 0. The largest absolute Gasteiger partial charge is 0.364 e. The van der Waals surface area contributed by atoms with Crippen LogP contribution in [0.4, 0.5) is 5.69 Å². The summed E-state index contributed by atoms with van der Waals surface area (Å²) in [4.78, 5) is 4.87. The molecule has 0 amide bonds. The zero-order valence-corrected chi connectivity index (χ0v) is 12.2. The van der Waals surface area contributed by atoms with Gasteiger partial charge in [0.1, 0.15) is 0 Å². The van der Waals surface area contributed by atoms with Crippen molar-refractivity contribution in [1.82, 2.24) is 10.2 Å². The highest BCUT2D eigenvalue weighted by Gasteiger charge is 2.26. The normalized spacial score (nSPS) is 21.3. The van der Waals surface area contributed by atoms with Gasteiger partial charge in [-0.05, 0) is 38.7 Å². The molecule has 3 nitrogen and oxygen atoms in total. The van der Waals surface area contributed by atoms with Gasteiger partial charge in [0.05, 0.1) is 6.04 Å². The van der Waals surface area contributed by atoms with Gasteiger partial charge in [0.2, 0.25) is 0 Å². The lowest BCUT2D eigenvalue weighted by atomic mass is 10.1. The molecule has 1 atom stereocenters. The molecule has 18 heavy (non-hydrogen) atoms. The lowest BCUT2D eigenvalue weighted by molar-refractivity contribution is 0.265. The van der Waals surface area contributed by atoms with Crippen LogP contribution in [0.15, 0.2) is 18.2 Å². The lowest BCUT2D eigenvalue weighted by Gasteiger charge is -2.42. The minimum Gasteiger partial charge on any atom is -0.364 e. The summed E-state index contributed by atoms with van der Waals surface area (Å²) < 4.78 is 0. The second kappa shape index (κ2) is 5.91. The number of nitrogens with one attached hydrogen (secondary N) is 1. The van der Waals surface area contributed by atoms with Crippen molar-refractivity contribution in [3.63, 3.8) is 0 Å². The van der Waals surface area contributed by atoms with Crippen molar-refractivity contribution in [2.24, 2.45) is 0 Å². The van der Waals surface area contributed by atoms with Crippen molar-refractivity contribution in [1.29, 1.82) is 0 Å². The van der Waals surface area contributed by atoms with Gasteiger partial charge >= 0.3 is 0 Å². The van der Waals surface area contributed by atoms with Crippen LogP contribution in [0.2, 0.25) is 5.02 Å². The Balaban J connectivity index is 2.26. The van der Waals surface area contributed by atoms with Crippen molar-refractivity contribution < 1.29 is 0 Å². The van der Waals surface area contributed by atoms with E-state index in [4.69, 9.17) is 11.6 Å². The molecule has 1 saturated heterocycles. The molecule has 0 bridgehead atoms. The van der Waals surface area contributed by atoms with E-state index < -0.39 is 0 Å². The van der Waals surface area contributed by atoms with Crippen LogP contribution in [0.3, 0.4) is 0 Å². The van der Waals surface area contributed by atoms with E-state index in [2.05, 4.69) is 35.2 Å². The second-order valence-corrected chi connectivity index (χ2v) is 5.46. The third kappa shape index (κ3) is 2.79. The quantitative estimate of drug-likeness (QED) is 0.904. The first-order chi connectivity index (χ1) is 8.63. The van der Waals surface area contributed by atoms with E-state index in [1.165, 1.54) is 11.3 Å². The van der Waals surface area contributed by atoms with Crippen LogP contribution in [-0.2, 0) is 0 Å². The SMILES string of the molecule is CNCC1CN(C)CCN1c1cccc(Cl)c1C. The molecule has 1 aromatic carbocycles. The zero-order valence-electron chi connectivity index (χ0n) is 11.4. The summed E-state index contributed by atoms with van der Waals surface area (Å²) in [6.45, 7) is 6.35. The van der Waals surface area contributed by atoms with Gasteiger partial charge in [-0.2, -0.15) is 0 Å². The van der Waals surface area contributed by atoms with E-state index in [0.717, 1.165) is 31.2 Å². The van der Waals surface area contributed by atoms with Crippen LogP contribution in [-0.4, -0.2) is 51.2 Å². The first-order valence-corrected chi connectivity index (χ1v) is 6.86. The fourth-order valence-corrected chi connectivity index (χ4v) is 2.81. The van der Waals surface area contributed by atoms with Gasteiger partial charge in [0, 0.05) is 36.9 Å². The van der Waals surface area contributed by atoms with Crippen molar-refractivity contribution >= 4 is 17.3 Å². The van der Waals surface area contributed by atoms with E-state index in [-0.39, 0.29) is 0 Å². The van der Waals surface area contributed by atoms with E-state index in [1.54, 1.807) is 0 Å². The Bertz CT molecular complexity index is 408. The van der Waals surface area contributed by atoms with Crippen LogP contribution in [0.1, 0.15) is 5.56 Å². The Morgan fingerprint density at radius 3 is 2.89 bits per heavy atom. The van der Waals surface area contributed by atoms with Crippen molar-refractivity contribution in [2.75, 3.05) is 45.2 Å². The lowest BCUT2D eigenvalue weighted by Crippen LogP contribution is -2.55. The molecule has 1 fully saturated rings. The van der Waals surface area contributed by atoms with Crippen LogP contribution >= 0.6 is 11.6 Å². The van der Waals surface area contributed by atoms with Gasteiger partial charge < -0.3 is 15.1 Å². The molecule has 1 unspecified atom stereocenters. The molecule has 4 heteroatoms. The number of piperazine rings is 1. The third-order valence-electron chi connectivity index (χ3n) is 3.67. The van der Waals surface area contributed by atoms with Crippen molar-refractivity contribution in [3.05, 3.63) is 28.8 Å². The van der Waals surface area contributed by atoms with Gasteiger partial charge in [-0.1, -0.05) is 17.7 Å². The molecule has 1 N–H and O–H groups in total. The third-order valence-corrected chi connectivity index (χ3v) is 4.08. The minimum atomic E-state index is 0.505. The summed E-state index contributed by atoms with van der Waals surface area (Å²) in [6, 6.07) is 6.68. The Morgan fingerprint density at radius 1 is 1.39 bits per heavy atom. The maximum Gasteiger partial charge on any atom is 0.0541 e. The molecule has 0 aromatic heterocycles. The van der Waals surface area contributed by atoms with Crippen LogP contribution in [0, 0.1) is 6.92 Å². The molecular weight excluding hydrogens is 246 g/mol. The summed E-state index contributed by atoms with van der Waals surface area (Å²) >= 11 is 6.23. The number of anilines is 1. The predicted octanol–water partition coefficient (Wildman–Crippen LogP) is 1.99. The monoisotopic (exact) mass is 267 g/mol. The first kappa shape index (κ1) is 13.7. The predicted molar refractivity (Wildman–Crippen MR) is 78.7 cm³/mol. The van der Waals surface area contributed by atoms with Gasteiger partial charge in [-0.3, -0.25) is 0 Å². The molecule has 1 aliphatic rings. The smallest absolute Gasteiger partial charge is 0.0541 e. The highest BCUT2D eigenvalue weighted by atomic mass is 35.5. The van der Waals surface area contributed by atoms with Gasteiger partial charge in [-0.15, -0.1) is 0 Å². The van der Waals surface area contributed by atoms with Crippen molar-refractivity contribution in [3.8, 4) is 0 Å². The molecule has 1 aliphatic heterocycles. The molecule has 1 aromatic rings. The average molecular weight is 268 g/mol. The summed E-state index contributed by atoms with van der Waals surface area (Å²) in [7, 11) is 4.20. The summed E-state index contributed by atoms with van der Waals surface area (Å²) in [6.07, 6.45) is 0. The molecule has 0 aliphatic carbocycles.